The van der Waals surface area contributed by atoms with E-state index < -0.39 is 69.3 Å². The van der Waals surface area contributed by atoms with Gasteiger partial charge in [-0.2, -0.15) is 0 Å². The number of likely N-dealkylation sites (tertiary alicyclic amines) is 2. The van der Waals surface area contributed by atoms with E-state index in [1.54, 1.807) is 13.8 Å². The molecule has 0 unspecified atom stereocenters. The van der Waals surface area contributed by atoms with Gasteiger partial charge in [0.2, 0.25) is 17.2 Å². The lowest BCUT2D eigenvalue weighted by molar-refractivity contribution is -0.402. The van der Waals surface area contributed by atoms with Crippen LogP contribution in [-0.4, -0.2) is 83.9 Å². The van der Waals surface area contributed by atoms with Crippen LogP contribution in [0.4, 0.5) is 0 Å². The second kappa shape index (κ2) is 10.4. The summed E-state index contributed by atoms with van der Waals surface area (Å²) in [5.41, 5.74) is -6.92. The number of nitrogens with zero attached hydrogens (tertiary/aromatic N) is 2. The third-order valence-corrected chi connectivity index (χ3v) is 11.2. The minimum Gasteiger partial charge on any atom is -0.480 e. The first-order valence-electron chi connectivity index (χ1n) is 15.9. The lowest BCUT2D eigenvalue weighted by Crippen LogP contribution is -2.79. The average molecular weight is 607 g/mol. The van der Waals surface area contributed by atoms with E-state index >= 15 is 0 Å². The number of amides is 2. The van der Waals surface area contributed by atoms with Gasteiger partial charge in [-0.1, -0.05) is 6.42 Å². The number of carboxylic acids is 2. The predicted octanol–water partition coefficient (Wildman–Crippen LogP) is 5.22. The highest BCUT2D eigenvalue weighted by atomic mass is 16.7. The molecule has 3 heterocycles. The molecule has 10 nitrogen and oxygen atoms in total. The lowest BCUT2D eigenvalue weighted by Gasteiger charge is -2.68. The summed E-state index contributed by atoms with van der Waals surface area (Å²) >= 11 is 0. The SMILES string of the molecule is CC(=O)N1C(C)(C)CC(C2(C3CC(C)(C)N(C(C)=O)C(C)(C)C3)OC3(CCCCC3)OCC2(C(=O)O)C(=O)O)CC1(C)C. The molecule has 2 N–H and O–H groups in total. The molecule has 3 aliphatic heterocycles. The Bertz CT molecular complexity index is 1060. The lowest BCUT2D eigenvalue weighted by atomic mass is 9.50. The van der Waals surface area contributed by atoms with Gasteiger partial charge in [-0.15, -0.1) is 0 Å². The molecule has 1 aliphatic carbocycles. The van der Waals surface area contributed by atoms with Crippen LogP contribution in [0.1, 0.15) is 127 Å². The maximum Gasteiger partial charge on any atom is 0.326 e. The van der Waals surface area contributed by atoms with Crippen molar-refractivity contribution >= 4 is 23.8 Å². The molecule has 4 rings (SSSR count). The highest BCUT2D eigenvalue weighted by molar-refractivity contribution is 6.00. The van der Waals surface area contributed by atoms with Gasteiger partial charge in [-0.25, -0.2) is 0 Å². The van der Waals surface area contributed by atoms with Crippen molar-refractivity contribution in [3.05, 3.63) is 0 Å². The molecule has 0 aromatic rings. The van der Waals surface area contributed by atoms with Gasteiger partial charge in [-0.05, 0) is 106 Å². The van der Waals surface area contributed by atoms with Crippen LogP contribution < -0.4 is 0 Å². The molecule has 2 amide bonds. The molecule has 244 valence electrons. The van der Waals surface area contributed by atoms with Gasteiger partial charge in [0.15, 0.2) is 5.79 Å². The van der Waals surface area contributed by atoms with Gasteiger partial charge in [-0.3, -0.25) is 19.2 Å². The molecular formula is C33H54N2O8. The topological polar surface area (TPSA) is 134 Å². The van der Waals surface area contributed by atoms with Crippen molar-refractivity contribution in [2.24, 2.45) is 17.3 Å². The van der Waals surface area contributed by atoms with Crippen molar-refractivity contribution in [1.82, 2.24) is 9.80 Å². The number of rotatable bonds is 4. The van der Waals surface area contributed by atoms with Gasteiger partial charge >= 0.3 is 11.9 Å². The Kier molecular flexibility index (Phi) is 8.17. The zero-order valence-corrected chi connectivity index (χ0v) is 28.0. The quantitative estimate of drug-likeness (QED) is 0.416. The van der Waals surface area contributed by atoms with Crippen LogP contribution in [0.3, 0.4) is 0 Å². The highest BCUT2D eigenvalue weighted by Gasteiger charge is 2.76. The monoisotopic (exact) mass is 606 g/mol. The van der Waals surface area contributed by atoms with E-state index in [0.29, 0.717) is 38.5 Å². The Morgan fingerprint density at radius 2 is 0.977 bits per heavy atom. The van der Waals surface area contributed by atoms with Gasteiger partial charge in [0.05, 0.1) is 6.61 Å². The standard InChI is InChI=1S/C33H54N2O8/c1-21(36)34-27(3,4)16-23(17-28(34,5)6)33(24-18-29(7,8)35(22(2)37)30(9,10)19-24)32(25(38)39,26(40)41)20-42-31(43-33)14-12-11-13-15-31/h23-24H,11-20H2,1-10H3,(H,38,39)(H,40,41). The van der Waals surface area contributed by atoms with E-state index in [2.05, 4.69) is 0 Å². The third-order valence-electron chi connectivity index (χ3n) is 11.2. The van der Waals surface area contributed by atoms with Crippen LogP contribution in [0.15, 0.2) is 0 Å². The molecule has 4 aliphatic rings. The number of carbonyl (C=O) groups excluding carboxylic acids is 2. The second-order valence-corrected chi connectivity index (χ2v) is 16.3. The van der Waals surface area contributed by atoms with E-state index in [0.717, 1.165) is 19.3 Å². The zero-order valence-electron chi connectivity index (χ0n) is 28.0. The fourth-order valence-electron chi connectivity index (χ4n) is 10.7. The van der Waals surface area contributed by atoms with Gasteiger partial charge in [0, 0.05) is 48.8 Å². The van der Waals surface area contributed by atoms with Crippen LogP contribution in [0.2, 0.25) is 0 Å². The van der Waals surface area contributed by atoms with Crippen molar-refractivity contribution in [2.45, 2.75) is 161 Å². The third kappa shape index (κ3) is 5.08. The Labute approximate surface area is 256 Å². The van der Waals surface area contributed by atoms with Crippen LogP contribution in [0.5, 0.6) is 0 Å². The first-order valence-corrected chi connectivity index (χ1v) is 15.9. The number of carbonyl (C=O) groups is 4. The summed E-state index contributed by atoms with van der Waals surface area (Å²) in [5.74, 6) is -5.28. The maximum absolute atomic E-state index is 13.6. The summed E-state index contributed by atoms with van der Waals surface area (Å²) in [4.78, 5) is 56.9. The number of carboxylic acid groups (broad SMARTS) is 2. The summed E-state index contributed by atoms with van der Waals surface area (Å²) < 4.78 is 13.6. The smallest absolute Gasteiger partial charge is 0.326 e. The van der Waals surface area contributed by atoms with Crippen molar-refractivity contribution < 1.29 is 38.9 Å². The summed E-state index contributed by atoms with van der Waals surface area (Å²) in [5, 5.41) is 22.1. The maximum atomic E-state index is 13.6. The number of hydrogen-bond donors (Lipinski definition) is 2. The van der Waals surface area contributed by atoms with Crippen LogP contribution in [0, 0.1) is 17.3 Å². The molecule has 0 bridgehead atoms. The van der Waals surface area contributed by atoms with E-state index in [9.17, 15) is 29.4 Å². The van der Waals surface area contributed by atoms with E-state index in [1.807, 2.05) is 65.2 Å². The number of ether oxygens (including phenoxy) is 2. The summed E-state index contributed by atoms with van der Waals surface area (Å²) in [6, 6.07) is 0. The number of piperidine rings is 2. The van der Waals surface area contributed by atoms with Crippen molar-refractivity contribution in [1.29, 1.82) is 0 Å². The molecule has 0 atom stereocenters. The summed E-state index contributed by atoms with van der Waals surface area (Å²) in [6.45, 7) is 18.4. The minimum absolute atomic E-state index is 0.0843. The van der Waals surface area contributed by atoms with Crippen molar-refractivity contribution in [3.63, 3.8) is 0 Å². The summed E-state index contributed by atoms with van der Waals surface area (Å²) in [6.07, 6.45) is 5.24. The molecule has 10 heteroatoms. The van der Waals surface area contributed by atoms with Crippen LogP contribution in [0.25, 0.3) is 0 Å². The average Bonchev–Trinajstić information content (AvgIpc) is 2.80. The fourth-order valence-corrected chi connectivity index (χ4v) is 10.7. The normalized spacial score (nSPS) is 29.2. The minimum atomic E-state index is -2.40. The molecule has 0 aromatic heterocycles. The van der Waals surface area contributed by atoms with Crippen molar-refractivity contribution in [2.75, 3.05) is 6.61 Å². The van der Waals surface area contributed by atoms with Crippen LogP contribution >= 0.6 is 0 Å². The Morgan fingerprint density at radius 3 is 1.28 bits per heavy atom. The number of aliphatic carboxylic acids is 2. The van der Waals surface area contributed by atoms with E-state index in [1.165, 1.54) is 0 Å². The molecule has 1 spiro atoms. The van der Waals surface area contributed by atoms with Crippen molar-refractivity contribution in [3.8, 4) is 0 Å². The van der Waals surface area contributed by atoms with Gasteiger partial charge in [0.25, 0.3) is 0 Å². The van der Waals surface area contributed by atoms with E-state index in [-0.39, 0.29) is 11.8 Å². The Balaban J connectivity index is 2.05. The molecule has 4 fully saturated rings. The summed E-state index contributed by atoms with van der Waals surface area (Å²) in [7, 11) is 0. The predicted molar refractivity (Wildman–Crippen MR) is 160 cm³/mol. The van der Waals surface area contributed by atoms with Crippen LogP contribution in [-0.2, 0) is 28.7 Å². The fraction of sp³-hybridized carbons (Fsp3) is 0.879. The first kappa shape index (κ1) is 33.7. The van der Waals surface area contributed by atoms with Gasteiger partial charge in [0.1, 0.15) is 5.60 Å². The van der Waals surface area contributed by atoms with E-state index in [4.69, 9.17) is 9.47 Å². The molecular weight excluding hydrogens is 552 g/mol. The molecule has 3 saturated heterocycles. The molecule has 0 aromatic carbocycles. The first-order chi connectivity index (χ1) is 19.5. The molecule has 1 saturated carbocycles. The Hall–Kier alpha value is -2.20. The zero-order chi connectivity index (χ0) is 32.6. The molecule has 0 radical (unpaired) electrons. The highest BCUT2D eigenvalue weighted by Crippen LogP contribution is 2.63. The van der Waals surface area contributed by atoms with Gasteiger partial charge < -0.3 is 29.5 Å². The number of hydrogen-bond acceptors (Lipinski definition) is 6. The largest absolute Gasteiger partial charge is 0.480 e. The Morgan fingerprint density at radius 1 is 0.628 bits per heavy atom. The second-order valence-electron chi connectivity index (χ2n) is 16.3. The molecule has 43 heavy (non-hydrogen) atoms.